The number of benzene rings is 1. The molecule has 0 aliphatic rings. The molecule has 0 saturated heterocycles. The van der Waals surface area contributed by atoms with Crippen molar-refractivity contribution < 1.29 is 9.53 Å². The minimum atomic E-state index is -0.160. The number of hydrogen-bond acceptors (Lipinski definition) is 4. The maximum absolute atomic E-state index is 11.0. The zero-order chi connectivity index (χ0) is 18.1. The van der Waals surface area contributed by atoms with E-state index in [2.05, 4.69) is 31.6 Å². The highest BCUT2D eigenvalue weighted by Gasteiger charge is 2.05. The molecule has 3 N–H and O–H groups in total. The Bertz CT molecular complexity index is 755. The molecule has 0 radical (unpaired) electrons. The molecule has 0 aliphatic heterocycles. The van der Waals surface area contributed by atoms with E-state index >= 15 is 0 Å². The Kier molecular flexibility index (Phi) is 7.40. The number of carbonyl (C=O) groups excluding carboxylic acids is 1. The van der Waals surface area contributed by atoms with Crippen LogP contribution in [0.5, 0.6) is 0 Å². The first-order valence-electron chi connectivity index (χ1n) is 8.33. The summed E-state index contributed by atoms with van der Waals surface area (Å²) in [4.78, 5) is 14.3. The van der Waals surface area contributed by atoms with Crippen molar-refractivity contribution in [1.29, 1.82) is 0 Å². The molecule has 134 valence electrons. The Labute approximate surface area is 153 Å². The summed E-state index contributed by atoms with van der Waals surface area (Å²) in [5.74, 6) is -0.160. The van der Waals surface area contributed by atoms with E-state index in [9.17, 15) is 4.79 Å². The number of H-pyrrole nitrogens is 1. The van der Waals surface area contributed by atoms with Gasteiger partial charge in [-0.1, -0.05) is 24.6 Å². The van der Waals surface area contributed by atoms with Crippen LogP contribution in [0.25, 0.3) is 10.9 Å². The van der Waals surface area contributed by atoms with Crippen LogP contribution in [0.4, 0.5) is 0 Å². The summed E-state index contributed by atoms with van der Waals surface area (Å²) in [7, 11) is 1.41. The summed E-state index contributed by atoms with van der Waals surface area (Å²) in [5, 5.41) is 8.94. The second-order valence-corrected chi connectivity index (χ2v) is 6.13. The maximum Gasteiger partial charge on any atom is 0.305 e. The minimum Gasteiger partial charge on any atom is -0.469 e. The van der Waals surface area contributed by atoms with Crippen LogP contribution >= 0.6 is 12.2 Å². The van der Waals surface area contributed by atoms with Crippen molar-refractivity contribution in [2.45, 2.75) is 32.6 Å². The number of carbonyl (C=O) groups is 1. The van der Waals surface area contributed by atoms with Gasteiger partial charge in [0, 0.05) is 35.1 Å². The maximum atomic E-state index is 11.0. The first-order chi connectivity index (χ1) is 12.1. The molecule has 0 aliphatic carbocycles. The van der Waals surface area contributed by atoms with Crippen LogP contribution in [0.1, 0.15) is 36.9 Å². The number of para-hydroxylation sites is 1. The van der Waals surface area contributed by atoms with Crippen LogP contribution in [0.3, 0.4) is 0 Å². The highest BCUT2D eigenvalue weighted by Crippen LogP contribution is 2.19. The van der Waals surface area contributed by atoms with Crippen molar-refractivity contribution in [2.75, 3.05) is 13.7 Å². The number of aromatic amines is 1. The van der Waals surface area contributed by atoms with Crippen LogP contribution in [0.15, 0.2) is 29.4 Å². The summed E-state index contributed by atoms with van der Waals surface area (Å²) in [5.41, 5.74) is 6.04. The lowest BCUT2D eigenvalue weighted by Gasteiger charge is -2.06. The fourth-order valence-corrected chi connectivity index (χ4v) is 2.69. The number of aryl methyl sites for hydroxylation is 1. The molecule has 25 heavy (non-hydrogen) atoms. The normalized spacial score (nSPS) is 11.0. The fourth-order valence-electron chi connectivity index (χ4n) is 2.53. The SMILES string of the molecule is COC(=O)CCCCCNC(=S)N/N=C/c1c(C)[nH]c2ccccc12. The van der Waals surface area contributed by atoms with Crippen LogP contribution in [-0.2, 0) is 9.53 Å². The highest BCUT2D eigenvalue weighted by atomic mass is 32.1. The van der Waals surface area contributed by atoms with Gasteiger partial charge in [0.25, 0.3) is 0 Å². The van der Waals surface area contributed by atoms with Gasteiger partial charge in [-0.2, -0.15) is 5.10 Å². The molecule has 7 heteroatoms. The second-order valence-electron chi connectivity index (χ2n) is 5.72. The van der Waals surface area contributed by atoms with Gasteiger partial charge in [0.15, 0.2) is 5.11 Å². The highest BCUT2D eigenvalue weighted by molar-refractivity contribution is 7.80. The molecular weight excluding hydrogens is 336 g/mol. The second kappa shape index (κ2) is 9.78. The number of hydrazone groups is 1. The Hall–Kier alpha value is -2.41. The molecule has 0 saturated carbocycles. The smallest absolute Gasteiger partial charge is 0.305 e. The third-order valence-electron chi connectivity index (χ3n) is 3.87. The lowest BCUT2D eigenvalue weighted by molar-refractivity contribution is -0.140. The van der Waals surface area contributed by atoms with E-state index in [1.165, 1.54) is 7.11 Å². The van der Waals surface area contributed by atoms with E-state index in [0.717, 1.165) is 48.0 Å². The summed E-state index contributed by atoms with van der Waals surface area (Å²) in [6.07, 6.45) is 4.95. The molecule has 0 bridgehead atoms. The van der Waals surface area contributed by atoms with Gasteiger partial charge in [-0.05, 0) is 38.0 Å². The van der Waals surface area contributed by atoms with Gasteiger partial charge in [0.2, 0.25) is 0 Å². The molecule has 1 aromatic heterocycles. The summed E-state index contributed by atoms with van der Waals surface area (Å²) in [6, 6.07) is 8.11. The zero-order valence-corrected chi connectivity index (χ0v) is 15.4. The molecule has 2 rings (SSSR count). The van der Waals surface area contributed by atoms with Crippen LogP contribution in [-0.4, -0.2) is 35.9 Å². The molecule has 1 heterocycles. The standard InChI is InChI=1S/C18H24N4O2S/c1-13-15(14-8-5-6-9-16(14)21-13)12-20-22-18(25)19-11-7-3-4-10-17(23)24-2/h5-6,8-9,12,21H,3-4,7,10-11H2,1-2H3,(H2,19,22,25)/b20-12+. The van der Waals surface area contributed by atoms with Crippen molar-refractivity contribution in [1.82, 2.24) is 15.7 Å². The number of thiocarbonyl (C=S) groups is 1. The lowest BCUT2D eigenvalue weighted by Crippen LogP contribution is -2.32. The number of rotatable bonds is 8. The van der Waals surface area contributed by atoms with Gasteiger partial charge in [-0.3, -0.25) is 10.2 Å². The van der Waals surface area contributed by atoms with Gasteiger partial charge >= 0.3 is 5.97 Å². The molecule has 0 unspecified atom stereocenters. The molecule has 2 aromatic rings. The van der Waals surface area contributed by atoms with E-state index in [0.29, 0.717) is 11.5 Å². The number of nitrogens with one attached hydrogen (secondary N) is 3. The lowest BCUT2D eigenvalue weighted by atomic mass is 10.1. The van der Waals surface area contributed by atoms with Gasteiger partial charge in [0.05, 0.1) is 13.3 Å². The van der Waals surface area contributed by atoms with E-state index in [1.807, 2.05) is 25.1 Å². The number of ether oxygens (including phenoxy) is 1. The molecule has 0 fully saturated rings. The van der Waals surface area contributed by atoms with Crippen molar-refractivity contribution in [2.24, 2.45) is 5.10 Å². The third-order valence-corrected chi connectivity index (χ3v) is 4.11. The van der Waals surface area contributed by atoms with Crippen molar-refractivity contribution in [3.05, 3.63) is 35.5 Å². The topological polar surface area (TPSA) is 78.5 Å². The van der Waals surface area contributed by atoms with E-state index in [1.54, 1.807) is 6.21 Å². The van der Waals surface area contributed by atoms with Gasteiger partial charge < -0.3 is 15.0 Å². The zero-order valence-electron chi connectivity index (χ0n) is 14.6. The first-order valence-corrected chi connectivity index (χ1v) is 8.73. The van der Waals surface area contributed by atoms with Crippen LogP contribution in [0.2, 0.25) is 0 Å². The fraction of sp³-hybridized carbons (Fsp3) is 0.389. The Morgan fingerprint density at radius 1 is 1.32 bits per heavy atom. The Balaban J connectivity index is 1.70. The number of nitrogens with zero attached hydrogens (tertiary/aromatic N) is 1. The van der Waals surface area contributed by atoms with Gasteiger partial charge in [-0.15, -0.1) is 0 Å². The molecular formula is C18H24N4O2S. The summed E-state index contributed by atoms with van der Waals surface area (Å²) in [6.45, 7) is 2.76. The van der Waals surface area contributed by atoms with Gasteiger partial charge in [0.1, 0.15) is 0 Å². The summed E-state index contributed by atoms with van der Waals surface area (Å²) >= 11 is 5.20. The Morgan fingerprint density at radius 3 is 2.92 bits per heavy atom. The Morgan fingerprint density at radius 2 is 2.12 bits per heavy atom. The number of fused-ring (bicyclic) bond motifs is 1. The van der Waals surface area contributed by atoms with E-state index < -0.39 is 0 Å². The third kappa shape index (κ3) is 5.86. The molecule has 6 nitrogen and oxygen atoms in total. The average Bonchev–Trinajstić information content (AvgIpc) is 2.93. The number of hydrogen-bond donors (Lipinski definition) is 3. The predicted molar refractivity (Wildman–Crippen MR) is 105 cm³/mol. The first kappa shape index (κ1) is 18.9. The number of aromatic nitrogens is 1. The molecule has 0 spiro atoms. The number of esters is 1. The molecule has 0 atom stereocenters. The molecule has 1 aromatic carbocycles. The average molecular weight is 360 g/mol. The summed E-state index contributed by atoms with van der Waals surface area (Å²) < 4.78 is 4.60. The van der Waals surface area contributed by atoms with Gasteiger partial charge in [-0.25, -0.2) is 0 Å². The largest absolute Gasteiger partial charge is 0.469 e. The van der Waals surface area contributed by atoms with Crippen molar-refractivity contribution >= 4 is 40.4 Å². The number of unbranched alkanes of at least 4 members (excludes halogenated alkanes) is 2. The minimum absolute atomic E-state index is 0.160. The molecule has 0 amide bonds. The van der Waals surface area contributed by atoms with Crippen molar-refractivity contribution in [3.63, 3.8) is 0 Å². The monoisotopic (exact) mass is 360 g/mol. The van der Waals surface area contributed by atoms with E-state index in [-0.39, 0.29) is 5.97 Å². The van der Waals surface area contributed by atoms with E-state index in [4.69, 9.17) is 12.2 Å². The predicted octanol–water partition coefficient (Wildman–Crippen LogP) is 3.01. The quantitative estimate of drug-likeness (QED) is 0.222. The number of methoxy groups -OCH3 is 1. The van der Waals surface area contributed by atoms with Crippen LogP contribution in [0, 0.1) is 6.92 Å². The van der Waals surface area contributed by atoms with Crippen molar-refractivity contribution in [3.8, 4) is 0 Å². The van der Waals surface area contributed by atoms with Crippen LogP contribution < -0.4 is 10.7 Å².